The summed E-state index contributed by atoms with van der Waals surface area (Å²) in [7, 11) is 4.25. The summed E-state index contributed by atoms with van der Waals surface area (Å²) in [5, 5.41) is 3.24. The summed E-state index contributed by atoms with van der Waals surface area (Å²) in [4.78, 5) is 13.3. The van der Waals surface area contributed by atoms with Crippen molar-refractivity contribution in [3.8, 4) is 0 Å². The smallest absolute Gasteiger partial charge is 0.336 e. The molecule has 0 fully saturated rings. The van der Waals surface area contributed by atoms with Gasteiger partial charge in [-0.3, -0.25) is 0 Å². The van der Waals surface area contributed by atoms with Crippen molar-refractivity contribution >= 4 is 11.0 Å². The molecule has 0 saturated carbocycles. The summed E-state index contributed by atoms with van der Waals surface area (Å²) >= 11 is 0. The van der Waals surface area contributed by atoms with Crippen LogP contribution in [0.15, 0.2) is 50.2 Å². The Bertz CT molecular complexity index is 911. The molecule has 5 heteroatoms. The first kappa shape index (κ1) is 17.5. The fourth-order valence-corrected chi connectivity index (χ4v) is 3.22. The molecule has 0 spiro atoms. The van der Waals surface area contributed by atoms with E-state index >= 15 is 0 Å². The Kier molecular flexibility index (Phi) is 5.06. The Morgan fingerprint density at radius 1 is 1.20 bits per heavy atom. The molecule has 0 aliphatic rings. The van der Waals surface area contributed by atoms with Crippen molar-refractivity contribution in [2.45, 2.75) is 26.4 Å². The van der Waals surface area contributed by atoms with E-state index in [9.17, 15) is 4.79 Å². The fourth-order valence-electron chi connectivity index (χ4n) is 3.22. The average molecular weight is 342 g/mol. The maximum atomic E-state index is 12.0. The maximum absolute atomic E-state index is 12.0. The Morgan fingerprint density at radius 2 is 2.00 bits per heavy atom. The van der Waals surface area contributed by atoms with Crippen molar-refractivity contribution < 1.29 is 19.1 Å². The Labute approximate surface area is 147 Å². The second-order valence-corrected chi connectivity index (χ2v) is 6.85. The Balaban J connectivity index is 1.81. The summed E-state index contributed by atoms with van der Waals surface area (Å²) in [5.74, 6) is 0.986. The monoisotopic (exact) mass is 342 g/mol. The molecule has 5 nitrogen and oxygen atoms in total. The van der Waals surface area contributed by atoms with Gasteiger partial charge in [-0.1, -0.05) is 12.1 Å². The van der Waals surface area contributed by atoms with Gasteiger partial charge in [-0.2, -0.15) is 0 Å². The molecule has 2 aromatic heterocycles. The van der Waals surface area contributed by atoms with Gasteiger partial charge < -0.3 is 19.1 Å². The summed E-state index contributed by atoms with van der Waals surface area (Å²) in [6.07, 6.45) is 1.71. The molecule has 2 heterocycles. The number of nitrogens with two attached hydrogens (primary N) is 1. The topological polar surface area (TPSA) is 64.4 Å². The van der Waals surface area contributed by atoms with Gasteiger partial charge in [0.05, 0.1) is 20.4 Å². The zero-order valence-corrected chi connectivity index (χ0v) is 15.3. The van der Waals surface area contributed by atoms with Gasteiger partial charge in [-0.05, 0) is 37.1 Å². The molecule has 0 bridgehead atoms. The van der Waals surface area contributed by atoms with Crippen LogP contribution in [0.1, 0.15) is 28.5 Å². The minimum absolute atomic E-state index is 0.269. The van der Waals surface area contributed by atoms with E-state index in [-0.39, 0.29) is 11.7 Å². The first-order valence-electron chi connectivity index (χ1n) is 8.65. The number of hydrogen-bond acceptors (Lipinski definition) is 3. The lowest BCUT2D eigenvalue weighted by Gasteiger charge is -2.18. The predicted molar refractivity (Wildman–Crippen MR) is 96.7 cm³/mol. The highest BCUT2D eigenvalue weighted by molar-refractivity contribution is 5.83. The number of nitrogens with one attached hydrogen (secondary N) is 1. The van der Waals surface area contributed by atoms with Gasteiger partial charge >= 0.3 is 5.63 Å². The molecule has 0 amide bonds. The molecule has 0 saturated heterocycles. The van der Waals surface area contributed by atoms with Gasteiger partial charge in [-0.25, -0.2) is 4.79 Å². The zero-order valence-electron chi connectivity index (χ0n) is 15.3. The van der Waals surface area contributed by atoms with E-state index in [2.05, 4.69) is 25.5 Å². The van der Waals surface area contributed by atoms with Crippen molar-refractivity contribution in [3.63, 3.8) is 0 Å². The number of rotatable bonds is 6. The number of fused-ring (bicyclic) bond motifs is 1. The van der Waals surface area contributed by atoms with Crippen LogP contribution in [0.4, 0.5) is 0 Å². The average Bonchev–Trinajstić information content (AvgIpc) is 3.09. The predicted octanol–water partition coefficient (Wildman–Crippen LogP) is 0.952. The highest BCUT2D eigenvalue weighted by Gasteiger charge is 2.22. The van der Waals surface area contributed by atoms with Crippen LogP contribution in [0, 0.1) is 13.8 Å². The summed E-state index contributed by atoms with van der Waals surface area (Å²) < 4.78 is 11.0. The molecule has 0 radical (unpaired) electrons. The van der Waals surface area contributed by atoms with Gasteiger partial charge in [0.25, 0.3) is 0 Å². The standard InChI is InChI=1S/C20H24N2O3/c1-13-7-8-16-15(10-19(23)25-20(16)14(13)2)11-21-12-17(22(3)4)18-6-5-9-24-18/h5-10,17,21H,11-12H2,1-4H3/p+2/t17-/m0/s1. The van der Waals surface area contributed by atoms with Crippen LogP contribution in [0.5, 0.6) is 0 Å². The van der Waals surface area contributed by atoms with E-state index in [0.717, 1.165) is 40.9 Å². The quantitative estimate of drug-likeness (QED) is 0.656. The van der Waals surface area contributed by atoms with Crippen LogP contribution >= 0.6 is 0 Å². The minimum atomic E-state index is -0.287. The van der Waals surface area contributed by atoms with Crippen molar-refractivity contribution in [3.05, 3.63) is 69.5 Å². The molecule has 3 rings (SSSR count). The number of aryl methyl sites for hydroxylation is 2. The highest BCUT2D eigenvalue weighted by atomic mass is 16.4. The molecular formula is C20H26N2O3+2. The van der Waals surface area contributed by atoms with E-state index in [4.69, 9.17) is 8.83 Å². The van der Waals surface area contributed by atoms with Crippen LogP contribution in [0.3, 0.4) is 0 Å². The molecule has 1 atom stereocenters. The number of furan rings is 1. The van der Waals surface area contributed by atoms with Crippen LogP contribution < -0.4 is 15.8 Å². The van der Waals surface area contributed by atoms with E-state index in [0.29, 0.717) is 5.58 Å². The van der Waals surface area contributed by atoms with Crippen LogP contribution in [0.25, 0.3) is 11.0 Å². The van der Waals surface area contributed by atoms with Crippen molar-refractivity contribution in [2.75, 3.05) is 20.6 Å². The molecule has 1 aromatic carbocycles. The van der Waals surface area contributed by atoms with Gasteiger partial charge in [0.15, 0.2) is 11.8 Å². The van der Waals surface area contributed by atoms with Crippen molar-refractivity contribution in [1.29, 1.82) is 0 Å². The number of hydrogen-bond donors (Lipinski definition) is 2. The lowest BCUT2D eigenvalue weighted by atomic mass is 10.0. The fraction of sp³-hybridized carbons (Fsp3) is 0.350. The molecular weight excluding hydrogens is 316 g/mol. The second-order valence-electron chi connectivity index (χ2n) is 6.85. The molecule has 0 unspecified atom stereocenters. The Hall–Kier alpha value is -2.37. The van der Waals surface area contributed by atoms with Crippen LogP contribution in [0.2, 0.25) is 0 Å². The van der Waals surface area contributed by atoms with Crippen molar-refractivity contribution in [1.82, 2.24) is 0 Å². The summed E-state index contributed by atoms with van der Waals surface area (Å²) in [6.45, 7) is 5.63. The summed E-state index contributed by atoms with van der Waals surface area (Å²) in [6, 6.07) is 9.95. The van der Waals surface area contributed by atoms with E-state index in [1.54, 1.807) is 12.3 Å². The lowest BCUT2D eigenvalue weighted by molar-refractivity contribution is -0.911. The van der Waals surface area contributed by atoms with E-state index in [1.807, 2.05) is 32.0 Å². The molecule has 3 aromatic rings. The van der Waals surface area contributed by atoms with E-state index in [1.165, 1.54) is 4.90 Å². The number of quaternary nitrogens is 2. The van der Waals surface area contributed by atoms with Gasteiger partial charge in [0.2, 0.25) is 0 Å². The largest absolute Gasteiger partial charge is 0.463 e. The lowest BCUT2D eigenvalue weighted by Crippen LogP contribution is -3.09. The summed E-state index contributed by atoms with van der Waals surface area (Å²) in [5.41, 5.74) is 3.59. The van der Waals surface area contributed by atoms with Crippen molar-refractivity contribution in [2.24, 2.45) is 0 Å². The highest BCUT2D eigenvalue weighted by Crippen LogP contribution is 2.22. The molecule has 3 N–H and O–H groups in total. The zero-order chi connectivity index (χ0) is 18.0. The van der Waals surface area contributed by atoms with Gasteiger partial charge in [-0.15, -0.1) is 0 Å². The molecule has 132 valence electrons. The van der Waals surface area contributed by atoms with Crippen LogP contribution in [-0.4, -0.2) is 20.6 Å². The number of likely N-dealkylation sites (N-methyl/N-ethyl adjacent to an activating group) is 1. The van der Waals surface area contributed by atoms with Crippen LogP contribution in [-0.2, 0) is 6.54 Å². The third kappa shape index (κ3) is 3.67. The SMILES string of the molecule is Cc1ccc2c(C[NH2+]C[C@@H](c3ccco3)[NH+](C)C)cc(=O)oc2c1C. The first-order chi connectivity index (χ1) is 12.0. The molecule has 0 aliphatic carbocycles. The third-order valence-corrected chi connectivity index (χ3v) is 4.87. The maximum Gasteiger partial charge on any atom is 0.336 e. The third-order valence-electron chi connectivity index (χ3n) is 4.87. The van der Waals surface area contributed by atoms with Gasteiger partial charge in [0.1, 0.15) is 18.7 Å². The normalized spacial score (nSPS) is 12.8. The number of benzene rings is 1. The first-order valence-corrected chi connectivity index (χ1v) is 8.65. The minimum Gasteiger partial charge on any atom is -0.463 e. The Morgan fingerprint density at radius 3 is 2.68 bits per heavy atom. The molecule has 0 aliphatic heterocycles. The molecule has 25 heavy (non-hydrogen) atoms. The van der Waals surface area contributed by atoms with Gasteiger partial charge in [0, 0.05) is 17.0 Å². The second kappa shape index (κ2) is 7.25. The van der Waals surface area contributed by atoms with E-state index < -0.39 is 0 Å².